The maximum absolute atomic E-state index is 6.02. The third-order valence-electron chi connectivity index (χ3n) is 4.50. The summed E-state index contributed by atoms with van der Waals surface area (Å²) < 4.78 is 6.02. The van der Waals surface area contributed by atoms with E-state index >= 15 is 0 Å². The van der Waals surface area contributed by atoms with Crippen molar-refractivity contribution in [3.8, 4) is 5.75 Å². The number of benzene rings is 1. The quantitative estimate of drug-likeness (QED) is 0.855. The van der Waals surface area contributed by atoms with Gasteiger partial charge >= 0.3 is 0 Å². The summed E-state index contributed by atoms with van der Waals surface area (Å²) in [4.78, 5) is 0. The second-order valence-corrected chi connectivity index (χ2v) is 6.21. The Kier molecular flexibility index (Phi) is 5.47. The maximum Gasteiger partial charge on any atom is 0.124 e. The van der Waals surface area contributed by atoms with Gasteiger partial charge in [-0.1, -0.05) is 51.8 Å². The lowest BCUT2D eigenvalue weighted by Gasteiger charge is -2.39. The van der Waals surface area contributed by atoms with Crippen molar-refractivity contribution in [1.29, 1.82) is 0 Å². The zero-order valence-corrected chi connectivity index (χ0v) is 13.2. The number of ether oxygens (including phenoxy) is 1. The van der Waals surface area contributed by atoms with Crippen molar-refractivity contribution in [1.82, 2.24) is 5.32 Å². The van der Waals surface area contributed by atoms with Gasteiger partial charge in [-0.2, -0.15) is 0 Å². The molecule has 0 amide bonds. The van der Waals surface area contributed by atoms with Crippen LogP contribution in [-0.2, 0) is 5.54 Å². The molecule has 0 aliphatic carbocycles. The van der Waals surface area contributed by atoms with E-state index in [-0.39, 0.29) is 5.54 Å². The van der Waals surface area contributed by atoms with Crippen LogP contribution in [0, 0.1) is 5.92 Å². The topological polar surface area (TPSA) is 21.3 Å². The number of para-hydroxylation sites is 1. The van der Waals surface area contributed by atoms with Crippen LogP contribution in [0.4, 0.5) is 0 Å². The van der Waals surface area contributed by atoms with Crippen molar-refractivity contribution >= 4 is 0 Å². The molecule has 0 bridgehead atoms. The first-order valence-corrected chi connectivity index (χ1v) is 8.18. The molecule has 1 saturated heterocycles. The summed E-state index contributed by atoms with van der Waals surface area (Å²) in [6, 6.07) is 8.61. The predicted octanol–water partition coefficient (Wildman–Crippen LogP) is 4.49. The fourth-order valence-electron chi connectivity index (χ4n) is 3.31. The molecule has 0 saturated carbocycles. The Labute approximate surface area is 123 Å². The molecule has 1 aromatic rings. The van der Waals surface area contributed by atoms with Gasteiger partial charge in [-0.05, 0) is 37.8 Å². The molecule has 2 rings (SSSR count). The molecule has 20 heavy (non-hydrogen) atoms. The molecule has 1 N–H and O–H groups in total. The van der Waals surface area contributed by atoms with Gasteiger partial charge in [0.25, 0.3) is 0 Å². The molecule has 1 aromatic carbocycles. The highest BCUT2D eigenvalue weighted by Crippen LogP contribution is 2.41. The summed E-state index contributed by atoms with van der Waals surface area (Å²) >= 11 is 0. The maximum atomic E-state index is 6.02. The molecular weight excluding hydrogens is 246 g/mol. The van der Waals surface area contributed by atoms with Crippen molar-refractivity contribution in [2.45, 2.75) is 58.4 Å². The fraction of sp³-hybridized carbons (Fsp3) is 0.667. The second kappa shape index (κ2) is 7.12. The normalized spacial score (nSPS) is 23.6. The minimum Gasteiger partial charge on any atom is -0.493 e. The zero-order chi connectivity index (χ0) is 14.4. The van der Waals surface area contributed by atoms with E-state index in [1.807, 2.05) is 0 Å². The van der Waals surface area contributed by atoms with E-state index in [4.69, 9.17) is 4.74 Å². The summed E-state index contributed by atoms with van der Waals surface area (Å²) in [6.07, 6.45) is 6.17. The van der Waals surface area contributed by atoms with Gasteiger partial charge in [-0.15, -0.1) is 0 Å². The standard InChI is InChI=1S/C18H29NO/c1-4-14-20-17-11-7-6-10-16(17)18(15(2)3)12-8-5-9-13-19-18/h6-7,10-11,15,19H,4-5,8-9,12-14H2,1-3H3. The van der Waals surface area contributed by atoms with Crippen molar-refractivity contribution in [2.24, 2.45) is 5.92 Å². The summed E-state index contributed by atoms with van der Waals surface area (Å²) in [5, 5.41) is 3.85. The first-order valence-electron chi connectivity index (χ1n) is 8.18. The molecule has 2 heteroatoms. The molecule has 1 aliphatic heterocycles. The van der Waals surface area contributed by atoms with Crippen LogP contribution in [0.15, 0.2) is 24.3 Å². The van der Waals surface area contributed by atoms with Gasteiger partial charge in [0.2, 0.25) is 0 Å². The lowest BCUT2D eigenvalue weighted by atomic mass is 9.76. The first kappa shape index (κ1) is 15.4. The molecule has 1 atom stereocenters. The van der Waals surface area contributed by atoms with E-state index in [9.17, 15) is 0 Å². The Morgan fingerprint density at radius 2 is 2.00 bits per heavy atom. The highest BCUT2D eigenvalue weighted by Gasteiger charge is 2.37. The fourth-order valence-corrected chi connectivity index (χ4v) is 3.31. The van der Waals surface area contributed by atoms with Crippen molar-refractivity contribution < 1.29 is 4.74 Å². The average molecular weight is 275 g/mol. The molecule has 1 fully saturated rings. The lowest BCUT2D eigenvalue weighted by Crippen LogP contribution is -2.46. The van der Waals surface area contributed by atoms with E-state index < -0.39 is 0 Å². The van der Waals surface area contributed by atoms with Gasteiger partial charge < -0.3 is 10.1 Å². The van der Waals surface area contributed by atoms with Gasteiger partial charge in [0.05, 0.1) is 6.61 Å². The van der Waals surface area contributed by atoms with E-state index in [0.29, 0.717) is 5.92 Å². The molecule has 1 aliphatic rings. The predicted molar refractivity (Wildman–Crippen MR) is 85.2 cm³/mol. The molecule has 0 radical (unpaired) electrons. The van der Waals surface area contributed by atoms with E-state index in [1.165, 1.54) is 31.2 Å². The van der Waals surface area contributed by atoms with E-state index in [0.717, 1.165) is 25.3 Å². The number of hydrogen-bond acceptors (Lipinski definition) is 2. The highest BCUT2D eigenvalue weighted by molar-refractivity contribution is 5.40. The SMILES string of the molecule is CCCOc1ccccc1C1(C(C)C)CCCCCN1. The summed E-state index contributed by atoms with van der Waals surface area (Å²) in [7, 11) is 0. The van der Waals surface area contributed by atoms with Crippen LogP contribution in [0.1, 0.15) is 58.4 Å². The van der Waals surface area contributed by atoms with Crippen LogP contribution < -0.4 is 10.1 Å². The van der Waals surface area contributed by atoms with Crippen LogP contribution in [0.2, 0.25) is 0 Å². The zero-order valence-electron chi connectivity index (χ0n) is 13.2. The highest BCUT2D eigenvalue weighted by atomic mass is 16.5. The summed E-state index contributed by atoms with van der Waals surface area (Å²) in [5.74, 6) is 1.63. The smallest absolute Gasteiger partial charge is 0.124 e. The molecule has 2 nitrogen and oxygen atoms in total. The van der Waals surface area contributed by atoms with E-state index in [2.05, 4.69) is 50.4 Å². The van der Waals surface area contributed by atoms with Gasteiger partial charge in [-0.25, -0.2) is 0 Å². The molecular formula is C18H29NO. The third kappa shape index (κ3) is 3.17. The van der Waals surface area contributed by atoms with Gasteiger partial charge in [0.1, 0.15) is 5.75 Å². The summed E-state index contributed by atoms with van der Waals surface area (Å²) in [5.41, 5.74) is 1.42. The van der Waals surface area contributed by atoms with Crippen LogP contribution in [-0.4, -0.2) is 13.2 Å². The molecule has 1 heterocycles. The minimum atomic E-state index is 0.0703. The molecule has 0 aromatic heterocycles. The number of nitrogens with one attached hydrogen (secondary N) is 1. The molecule has 1 unspecified atom stereocenters. The first-order chi connectivity index (χ1) is 9.70. The number of rotatable bonds is 5. The van der Waals surface area contributed by atoms with Crippen LogP contribution in [0.3, 0.4) is 0 Å². The van der Waals surface area contributed by atoms with Crippen LogP contribution in [0.25, 0.3) is 0 Å². The van der Waals surface area contributed by atoms with Crippen LogP contribution in [0.5, 0.6) is 5.75 Å². The third-order valence-corrected chi connectivity index (χ3v) is 4.50. The Morgan fingerprint density at radius 1 is 1.20 bits per heavy atom. The Bertz CT molecular complexity index is 406. The number of hydrogen-bond donors (Lipinski definition) is 1. The van der Waals surface area contributed by atoms with Gasteiger partial charge in [0.15, 0.2) is 0 Å². The Hall–Kier alpha value is -1.02. The molecule has 0 spiro atoms. The Morgan fingerprint density at radius 3 is 2.75 bits per heavy atom. The van der Waals surface area contributed by atoms with Crippen molar-refractivity contribution in [3.05, 3.63) is 29.8 Å². The largest absolute Gasteiger partial charge is 0.493 e. The lowest BCUT2D eigenvalue weighted by molar-refractivity contribution is 0.216. The monoisotopic (exact) mass is 275 g/mol. The van der Waals surface area contributed by atoms with Gasteiger partial charge in [-0.3, -0.25) is 0 Å². The molecule has 112 valence electrons. The van der Waals surface area contributed by atoms with Gasteiger partial charge in [0, 0.05) is 11.1 Å². The minimum absolute atomic E-state index is 0.0703. The second-order valence-electron chi connectivity index (χ2n) is 6.21. The summed E-state index contributed by atoms with van der Waals surface area (Å²) in [6.45, 7) is 8.72. The van der Waals surface area contributed by atoms with Crippen LogP contribution >= 0.6 is 0 Å². The van der Waals surface area contributed by atoms with Crippen molar-refractivity contribution in [3.63, 3.8) is 0 Å². The van der Waals surface area contributed by atoms with Crippen molar-refractivity contribution in [2.75, 3.05) is 13.2 Å². The Balaban J connectivity index is 2.37. The average Bonchev–Trinajstić information content (AvgIpc) is 2.72. The van der Waals surface area contributed by atoms with E-state index in [1.54, 1.807) is 0 Å².